The molecule has 0 saturated carbocycles. The fourth-order valence-electron chi connectivity index (χ4n) is 8.39. The molecule has 11 heteroatoms. The van der Waals surface area contributed by atoms with Gasteiger partial charge < -0.3 is 0 Å². The van der Waals surface area contributed by atoms with Gasteiger partial charge in [0.15, 0.2) is 0 Å². The first kappa shape index (κ1) is 50.6. The Morgan fingerprint density at radius 2 is 0.928 bits per heavy atom. The summed E-state index contributed by atoms with van der Waals surface area (Å²) in [6.07, 6.45) is -4.91. The molecular formula is C58H64O10Se. The average molecular weight is 1000 g/mol. The van der Waals surface area contributed by atoms with Crippen molar-refractivity contribution >= 4 is 19.4 Å². The van der Waals surface area contributed by atoms with Crippen molar-refractivity contribution in [2.24, 2.45) is 0 Å². The molecule has 6 aromatic carbocycles. The summed E-state index contributed by atoms with van der Waals surface area (Å²) in [5, 5.41) is -0.428. The molecule has 2 aliphatic heterocycles. The summed E-state index contributed by atoms with van der Waals surface area (Å²) in [4.78, 5) is 0. The van der Waals surface area contributed by atoms with Crippen LogP contribution >= 0.6 is 0 Å². The van der Waals surface area contributed by atoms with Crippen LogP contribution in [0.2, 0.25) is 0 Å². The second kappa shape index (κ2) is 25.9. The third kappa shape index (κ3) is 14.9. The molecule has 0 unspecified atom stereocenters. The molecule has 2 heterocycles. The van der Waals surface area contributed by atoms with Crippen molar-refractivity contribution in [3.63, 3.8) is 0 Å². The zero-order valence-electron chi connectivity index (χ0n) is 39.7. The molecule has 0 N–H and O–H groups in total. The zero-order chi connectivity index (χ0) is 47.7. The van der Waals surface area contributed by atoms with Crippen LogP contribution < -0.4 is 4.46 Å². The van der Waals surface area contributed by atoms with Crippen LogP contribution in [0.4, 0.5) is 0 Å². The number of hydrogen-bond acceptors (Lipinski definition) is 10. The van der Waals surface area contributed by atoms with Crippen molar-refractivity contribution in [2.75, 3.05) is 20.3 Å². The predicted molar refractivity (Wildman–Crippen MR) is 266 cm³/mol. The van der Waals surface area contributed by atoms with E-state index in [1.54, 1.807) is 7.11 Å². The van der Waals surface area contributed by atoms with Crippen molar-refractivity contribution in [3.05, 3.63) is 222 Å². The quantitative estimate of drug-likeness (QED) is 0.0332. The second-order valence-electron chi connectivity index (χ2n) is 17.6. The van der Waals surface area contributed by atoms with Crippen LogP contribution in [0.3, 0.4) is 0 Å². The molecule has 8 rings (SSSR count). The van der Waals surface area contributed by atoms with Crippen LogP contribution in [-0.4, -0.2) is 95.1 Å². The van der Waals surface area contributed by atoms with E-state index in [9.17, 15) is 0 Å². The average Bonchev–Trinajstić information content (AvgIpc) is 3.39. The first-order valence-corrected chi connectivity index (χ1v) is 25.5. The molecule has 69 heavy (non-hydrogen) atoms. The minimum Gasteiger partial charge on any atom is -0.0622 e. The monoisotopic (exact) mass is 1000 g/mol. The third-order valence-electron chi connectivity index (χ3n) is 12.0. The fraction of sp³-hybridized carbons (Fsp3) is 0.345. The zero-order valence-corrected chi connectivity index (χ0v) is 41.4. The Labute approximate surface area is 413 Å². The van der Waals surface area contributed by atoms with E-state index in [1.165, 1.54) is 0 Å². The van der Waals surface area contributed by atoms with Gasteiger partial charge in [-0.25, -0.2) is 0 Å². The SMILES string of the molecule is C=C1[C@@H](COC(C)(C)O[C@H]2[C@@H](OCc3ccccc3)[C@H](OCc3ccccc3)[C@@H](COCc3ccccc3)O[C@@H]2[Se]c2ccccc2)O[C@H](OC)[C@H](OCc2ccccc2)[C@H]1OCc1ccccc1. The van der Waals surface area contributed by atoms with Crippen molar-refractivity contribution in [1.82, 2.24) is 0 Å². The summed E-state index contributed by atoms with van der Waals surface area (Å²) in [6.45, 7) is 10.5. The molecule has 2 aliphatic rings. The summed E-state index contributed by atoms with van der Waals surface area (Å²) in [7, 11) is 1.61. The summed E-state index contributed by atoms with van der Waals surface area (Å²) < 4.78 is 68.6. The molecule has 0 amide bonds. The number of benzene rings is 6. The Hall–Kier alpha value is -4.82. The minimum absolute atomic E-state index is 0.0871. The summed E-state index contributed by atoms with van der Waals surface area (Å²) >= 11 is -0.233. The molecule has 2 saturated heterocycles. The minimum atomic E-state index is -1.19. The van der Waals surface area contributed by atoms with Gasteiger partial charge in [0.25, 0.3) is 0 Å². The Morgan fingerprint density at radius 1 is 0.493 bits per heavy atom. The predicted octanol–water partition coefficient (Wildman–Crippen LogP) is 9.36. The molecule has 0 bridgehead atoms. The normalized spacial score (nSPS) is 24.0. The van der Waals surface area contributed by atoms with E-state index >= 15 is 0 Å². The molecule has 0 radical (unpaired) electrons. The number of hydrogen-bond donors (Lipinski definition) is 0. The first-order chi connectivity index (χ1) is 33.8. The van der Waals surface area contributed by atoms with Gasteiger partial charge in [0.1, 0.15) is 0 Å². The Kier molecular flexibility index (Phi) is 19.0. The van der Waals surface area contributed by atoms with Gasteiger partial charge in [-0.3, -0.25) is 0 Å². The van der Waals surface area contributed by atoms with E-state index in [2.05, 4.69) is 67.2 Å². The van der Waals surface area contributed by atoms with Gasteiger partial charge in [-0.2, -0.15) is 0 Å². The summed E-state index contributed by atoms with van der Waals surface area (Å²) in [6, 6.07) is 60.9. The van der Waals surface area contributed by atoms with Crippen LogP contribution in [0.15, 0.2) is 194 Å². The van der Waals surface area contributed by atoms with Gasteiger partial charge in [0, 0.05) is 0 Å². The third-order valence-corrected chi connectivity index (χ3v) is 14.4. The number of rotatable bonds is 24. The van der Waals surface area contributed by atoms with Crippen LogP contribution in [0.1, 0.15) is 41.7 Å². The maximum atomic E-state index is 7.24. The molecule has 9 atom stereocenters. The van der Waals surface area contributed by atoms with Crippen molar-refractivity contribution in [1.29, 1.82) is 0 Å². The van der Waals surface area contributed by atoms with Crippen molar-refractivity contribution in [3.8, 4) is 0 Å². The maximum absolute atomic E-state index is 7.24. The van der Waals surface area contributed by atoms with Gasteiger partial charge >= 0.3 is 350 Å². The van der Waals surface area contributed by atoms with Gasteiger partial charge in [-0.15, -0.1) is 0 Å². The van der Waals surface area contributed by atoms with Crippen LogP contribution in [0.5, 0.6) is 0 Å². The van der Waals surface area contributed by atoms with Gasteiger partial charge in [-0.1, -0.05) is 60.7 Å². The van der Waals surface area contributed by atoms with Gasteiger partial charge in [0.2, 0.25) is 0 Å². The number of ether oxygens (including phenoxy) is 10. The Morgan fingerprint density at radius 3 is 1.42 bits per heavy atom. The van der Waals surface area contributed by atoms with Crippen LogP contribution in [-0.2, 0) is 80.4 Å². The number of methoxy groups -OCH3 is 1. The summed E-state index contributed by atoms with van der Waals surface area (Å²) in [5.41, 5.74) is 5.85. The second-order valence-corrected chi connectivity index (χ2v) is 20.0. The molecule has 6 aromatic rings. The first-order valence-electron chi connectivity index (χ1n) is 23.6. The van der Waals surface area contributed by atoms with E-state index in [-0.39, 0.29) is 28.2 Å². The fourth-order valence-corrected chi connectivity index (χ4v) is 10.8. The van der Waals surface area contributed by atoms with E-state index in [1.807, 2.05) is 135 Å². The standard InChI is InChI=1S/C58H64O10Se/c1-42-49(66-56(59-4)54(64-39-47-31-19-9-20-32-47)51(42)61-36-44-25-13-6-14-26-44)41-65-58(2,3)68-55-53(63-38-46-29-17-8-18-30-46)52(62-37-45-27-15-7-16-28-45)50(40-60-35-43-23-11-5-12-24-43)67-57(55)69-48-33-21-10-22-34-48/h5-34,49-57H,1,35-41H2,2-4H3/t49-,50-,51+,52-,53+,54-,55+,56+,57-/m1/s1. The molecule has 2 fully saturated rings. The Bertz CT molecular complexity index is 2380. The molecular weight excluding hydrogens is 936 g/mol. The van der Waals surface area contributed by atoms with E-state index in [0.29, 0.717) is 38.6 Å². The van der Waals surface area contributed by atoms with Gasteiger partial charge in [0.05, 0.1) is 0 Å². The summed E-state index contributed by atoms with van der Waals surface area (Å²) in [5.74, 6) is -1.19. The smallest absolute Gasteiger partial charge is 0.0622 e. The molecule has 0 spiro atoms. The van der Waals surface area contributed by atoms with E-state index < -0.39 is 59.8 Å². The van der Waals surface area contributed by atoms with Crippen molar-refractivity contribution < 1.29 is 47.4 Å². The topological polar surface area (TPSA) is 92.3 Å². The van der Waals surface area contributed by atoms with E-state index in [0.717, 1.165) is 32.3 Å². The molecule has 362 valence electrons. The Balaban J connectivity index is 1.06. The molecule has 10 nitrogen and oxygen atoms in total. The molecule has 0 aromatic heterocycles. The van der Waals surface area contributed by atoms with Crippen LogP contribution in [0.25, 0.3) is 0 Å². The van der Waals surface area contributed by atoms with Crippen molar-refractivity contribution in [2.45, 2.75) is 107 Å². The van der Waals surface area contributed by atoms with E-state index in [4.69, 9.17) is 47.4 Å². The van der Waals surface area contributed by atoms with Gasteiger partial charge in [-0.05, 0) is 5.56 Å². The molecule has 0 aliphatic carbocycles. The van der Waals surface area contributed by atoms with Crippen LogP contribution in [0, 0.1) is 0 Å².